The lowest BCUT2D eigenvalue weighted by molar-refractivity contribution is 0.226. The molecule has 0 spiro atoms. The van der Waals surface area contributed by atoms with Crippen LogP contribution < -0.4 is 4.98 Å². The predicted molar refractivity (Wildman–Crippen MR) is 102 cm³/mol. The topological polar surface area (TPSA) is 49.0 Å². The number of nitrogens with one attached hydrogen (secondary N) is 1. The predicted octanol–water partition coefficient (Wildman–Crippen LogP) is 3.53. The zero-order valence-electron chi connectivity index (χ0n) is 15.2. The van der Waals surface area contributed by atoms with Gasteiger partial charge in [0.05, 0.1) is 0 Å². The van der Waals surface area contributed by atoms with Crippen molar-refractivity contribution < 1.29 is 16.5 Å². The maximum Gasteiger partial charge on any atom is 0.404 e. The van der Waals surface area contributed by atoms with Crippen molar-refractivity contribution in [2.45, 2.75) is 52.4 Å². The summed E-state index contributed by atoms with van der Waals surface area (Å²) in [6, 6.07) is 10.3. The summed E-state index contributed by atoms with van der Waals surface area (Å²) in [6.45, 7) is 15.2. The second kappa shape index (κ2) is 6.65. The summed E-state index contributed by atoms with van der Waals surface area (Å²) < 4.78 is 25.6. The zero-order chi connectivity index (χ0) is 17.4. The van der Waals surface area contributed by atoms with Gasteiger partial charge in [0.2, 0.25) is 0 Å². The third-order valence-corrected chi connectivity index (χ3v) is 19.1. The van der Waals surface area contributed by atoms with Gasteiger partial charge in [-0.25, -0.2) is 0 Å². The van der Waals surface area contributed by atoms with E-state index >= 15 is 0 Å². The molecule has 1 aromatic carbocycles. The first-order valence-electron chi connectivity index (χ1n) is 8.00. The Hall–Kier alpha value is -0.112. The minimum absolute atomic E-state index is 0.722. The Morgan fingerprint density at radius 3 is 1.61 bits per heavy atom. The smallest absolute Gasteiger partial charge is 0.404 e. The second-order valence-electron chi connectivity index (χ2n) is 7.39. The number of hydrogen-bond acceptors (Lipinski definition) is 5. The highest BCUT2D eigenvalue weighted by Crippen LogP contribution is 2.29. The molecule has 0 aliphatic carbocycles. The van der Waals surface area contributed by atoms with Crippen LogP contribution in [0.2, 0.25) is 45.8 Å². The average molecular weight is 388 g/mol. The van der Waals surface area contributed by atoms with Crippen LogP contribution in [-0.2, 0) is 23.0 Å². The lowest BCUT2D eigenvalue weighted by atomic mass is 10.2. The quantitative estimate of drug-likeness (QED) is 0.804. The molecule has 1 aromatic rings. The van der Waals surface area contributed by atoms with E-state index < -0.39 is 34.4 Å². The molecule has 23 heavy (non-hydrogen) atoms. The van der Waals surface area contributed by atoms with Crippen LogP contribution in [0.5, 0.6) is 0 Å². The van der Waals surface area contributed by atoms with Gasteiger partial charge >= 0.3 is 34.4 Å². The molecule has 0 amide bonds. The van der Waals surface area contributed by atoms with Crippen molar-refractivity contribution in [3.8, 4) is 0 Å². The van der Waals surface area contributed by atoms with Crippen molar-refractivity contribution in [3.05, 3.63) is 35.9 Å². The van der Waals surface area contributed by atoms with E-state index in [9.17, 15) is 0 Å². The molecule has 0 atom stereocenters. The van der Waals surface area contributed by atoms with Crippen LogP contribution in [0.25, 0.3) is 0 Å². The van der Waals surface area contributed by atoms with Crippen LogP contribution in [0.4, 0.5) is 0 Å². The highest BCUT2D eigenvalue weighted by Gasteiger charge is 2.52. The Labute approximate surface area is 144 Å². The van der Waals surface area contributed by atoms with Crippen LogP contribution in [0.3, 0.4) is 0 Å². The molecule has 1 aliphatic rings. The van der Waals surface area contributed by atoms with E-state index in [2.05, 4.69) is 62.9 Å². The van der Waals surface area contributed by atoms with Gasteiger partial charge in [-0.1, -0.05) is 30.3 Å². The van der Waals surface area contributed by atoms with Crippen molar-refractivity contribution in [2.24, 2.45) is 0 Å². The van der Waals surface area contributed by atoms with E-state index in [-0.39, 0.29) is 0 Å². The normalized spacial score (nSPS) is 25.3. The molecule has 0 unspecified atom stereocenters. The fourth-order valence-electron chi connectivity index (χ4n) is 3.14. The molecule has 0 bridgehead atoms. The van der Waals surface area contributed by atoms with E-state index in [0.717, 1.165) is 6.54 Å². The van der Waals surface area contributed by atoms with Gasteiger partial charge in [0.15, 0.2) is 0 Å². The average Bonchev–Trinajstić information content (AvgIpc) is 2.31. The molecule has 1 aliphatic heterocycles. The third-order valence-electron chi connectivity index (χ3n) is 3.32. The number of hydrogen-bond donors (Lipinski definition) is 1. The van der Waals surface area contributed by atoms with Crippen molar-refractivity contribution >= 4 is 34.4 Å². The van der Waals surface area contributed by atoms with E-state index in [1.165, 1.54) is 5.56 Å². The van der Waals surface area contributed by atoms with Gasteiger partial charge < -0.3 is 16.5 Å². The van der Waals surface area contributed by atoms with Crippen molar-refractivity contribution in [3.63, 3.8) is 0 Å². The van der Waals surface area contributed by atoms with Crippen LogP contribution in [0.1, 0.15) is 5.56 Å². The first kappa shape index (κ1) is 19.2. The Kier molecular flexibility index (Phi) is 5.56. The molecule has 0 saturated carbocycles. The highest BCUT2D eigenvalue weighted by molar-refractivity contribution is 6.92. The molecule has 9 heteroatoms. The third kappa shape index (κ3) is 6.03. The minimum atomic E-state index is -2.59. The van der Waals surface area contributed by atoms with Crippen LogP contribution in [-0.4, -0.2) is 34.4 Å². The molecule has 1 heterocycles. The van der Waals surface area contributed by atoms with E-state index in [1.807, 2.05) is 18.2 Å². The van der Waals surface area contributed by atoms with E-state index in [1.54, 1.807) is 0 Å². The van der Waals surface area contributed by atoms with Gasteiger partial charge in [-0.2, -0.15) is 0 Å². The lowest BCUT2D eigenvalue weighted by Gasteiger charge is -2.47. The van der Waals surface area contributed by atoms with Gasteiger partial charge in [0.1, 0.15) is 0 Å². The molecule has 0 aromatic heterocycles. The first-order chi connectivity index (χ1) is 10.4. The molecular weight excluding hydrogens is 359 g/mol. The Morgan fingerprint density at radius 2 is 1.13 bits per heavy atom. The summed E-state index contributed by atoms with van der Waals surface area (Å²) in [6.07, 6.45) is 0. The van der Waals surface area contributed by atoms with Crippen molar-refractivity contribution in [1.82, 2.24) is 4.98 Å². The molecule has 5 nitrogen and oxygen atoms in total. The molecule has 1 N–H and O–H groups in total. The molecule has 1 fully saturated rings. The molecule has 130 valence electrons. The number of benzene rings is 1. The fourth-order valence-corrected chi connectivity index (χ4v) is 23.4. The van der Waals surface area contributed by atoms with E-state index in [0.29, 0.717) is 0 Å². The maximum absolute atomic E-state index is 6.47. The molecule has 2 rings (SSSR count). The van der Waals surface area contributed by atoms with Gasteiger partial charge in [-0.05, 0) is 51.4 Å². The zero-order valence-corrected chi connectivity index (χ0v) is 19.2. The summed E-state index contributed by atoms with van der Waals surface area (Å²) in [4.78, 5) is 3.54. The van der Waals surface area contributed by atoms with Gasteiger partial charge in [-0.3, -0.25) is 4.98 Å². The van der Waals surface area contributed by atoms with Crippen LogP contribution >= 0.6 is 0 Å². The summed E-state index contributed by atoms with van der Waals surface area (Å²) in [5, 5.41) is 0. The van der Waals surface area contributed by atoms with Gasteiger partial charge in [0, 0.05) is 6.54 Å². The summed E-state index contributed by atoms with van der Waals surface area (Å²) in [5.74, 6) is 0. The van der Waals surface area contributed by atoms with Crippen LogP contribution in [0.15, 0.2) is 30.3 Å². The number of rotatable bonds is 3. The highest BCUT2D eigenvalue weighted by atomic mass is 28.5. The summed E-state index contributed by atoms with van der Waals surface area (Å²) >= 11 is 0. The van der Waals surface area contributed by atoms with Gasteiger partial charge in [-0.15, -0.1) is 0 Å². The van der Waals surface area contributed by atoms with Crippen LogP contribution in [0, 0.1) is 0 Å². The first-order valence-corrected chi connectivity index (χ1v) is 18.8. The van der Waals surface area contributed by atoms with Gasteiger partial charge in [0.25, 0.3) is 0 Å². The van der Waals surface area contributed by atoms with Crippen molar-refractivity contribution in [1.29, 1.82) is 0 Å². The summed E-state index contributed by atoms with van der Waals surface area (Å²) in [7, 11) is -9.44. The molecule has 1 saturated heterocycles. The van der Waals surface area contributed by atoms with Crippen molar-refractivity contribution in [2.75, 3.05) is 0 Å². The fraction of sp³-hybridized carbons (Fsp3) is 0.571. The SMILES string of the molecule is C[Si]1(C)O[Si](C)(C)O[Si](C)(NCc2ccccc2)O[Si](C)(C)O1. The Bertz CT molecular complexity index is 517. The lowest BCUT2D eigenvalue weighted by Crippen LogP contribution is -2.69. The Morgan fingerprint density at radius 1 is 0.696 bits per heavy atom. The standard InChI is InChI=1S/C14H29NO4Si4/c1-20(2)16-21(3,4)18-23(7,19-22(5,6)17-20)15-13-14-11-9-8-10-12-14/h8-12,15H,13H2,1-7H3. The minimum Gasteiger partial charge on any atom is -0.416 e. The largest absolute Gasteiger partial charge is 0.416 e. The molecule has 0 radical (unpaired) electrons. The monoisotopic (exact) mass is 387 g/mol. The molecular formula is C14H29NO4Si4. The van der Waals surface area contributed by atoms with E-state index in [4.69, 9.17) is 16.5 Å². The second-order valence-corrected chi connectivity index (χ2v) is 21.3. The Balaban J connectivity index is 2.17. The maximum atomic E-state index is 6.47. The summed E-state index contributed by atoms with van der Waals surface area (Å²) in [5.41, 5.74) is 1.21.